The molecule has 2 unspecified atom stereocenters. The molecule has 0 amide bonds. The van der Waals surface area contributed by atoms with Gasteiger partial charge in [0.15, 0.2) is 0 Å². The summed E-state index contributed by atoms with van der Waals surface area (Å²) < 4.78 is 1.72. The predicted octanol–water partition coefficient (Wildman–Crippen LogP) is 3.13. The average molecular weight is 280 g/mol. The Labute approximate surface area is 119 Å². The van der Waals surface area contributed by atoms with Gasteiger partial charge in [-0.1, -0.05) is 19.8 Å². The minimum Gasteiger partial charge on any atom is -0.398 e. The van der Waals surface area contributed by atoms with Gasteiger partial charge in [-0.15, -0.1) is 0 Å². The first-order valence-corrected chi connectivity index (χ1v) is 8.27. The van der Waals surface area contributed by atoms with Gasteiger partial charge in [-0.05, 0) is 37.0 Å². The highest BCUT2D eigenvalue weighted by atomic mass is 32.2. The molecule has 4 heteroatoms. The van der Waals surface area contributed by atoms with Gasteiger partial charge in [0.05, 0.1) is 0 Å². The van der Waals surface area contributed by atoms with E-state index in [0.29, 0.717) is 5.69 Å². The standard InChI is InChI=1S/C15H24N2OS/c1-12-4-2-5-14(10-12)19-9-3-8-17-11-13(16)6-7-15(17)18/h6-7,11-12,14H,2-5,8-10,16H2,1H3. The Morgan fingerprint density at radius 2 is 2.26 bits per heavy atom. The Morgan fingerprint density at radius 3 is 3.05 bits per heavy atom. The van der Waals surface area contributed by atoms with Crippen molar-refractivity contribution in [1.29, 1.82) is 0 Å². The van der Waals surface area contributed by atoms with Gasteiger partial charge in [-0.2, -0.15) is 11.8 Å². The minimum atomic E-state index is 0.0467. The number of nitrogens with two attached hydrogens (primary N) is 1. The minimum absolute atomic E-state index is 0.0467. The SMILES string of the molecule is CC1CCCC(SCCCn2cc(N)ccc2=O)C1. The summed E-state index contributed by atoms with van der Waals surface area (Å²) >= 11 is 2.08. The first-order chi connectivity index (χ1) is 9.15. The molecule has 19 heavy (non-hydrogen) atoms. The van der Waals surface area contributed by atoms with E-state index in [2.05, 4.69) is 18.7 Å². The molecule has 0 aliphatic heterocycles. The number of aryl methyl sites for hydroxylation is 1. The van der Waals surface area contributed by atoms with E-state index in [1.54, 1.807) is 22.9 Å². The van der Waals surface area contributed by atoms with Crippen molar-refractivity contribution in [2.75, 3.05) is 11.5 Å². The zero-order chi connectivity index (χ0) is 13.7. The molecule has 2 rings (SSSR count). The molecule has 106 valence electrons. The summed E-state index contributed by atoms with van der Waals surface area (Å²) in [6.45, 7) is 3.14. The van der Waals surface area contributed by atoms with Crippen molar-refractivity contribution < 1.29 is 0 Å². The molecule has 0 radical (unpaired) electrons. The van der Waals surface area contributed by atoms with Crippen molar-refractivity contribution in [2.24, 2.45) is 5.92 Å². The van der Waals surface area contributed by atoms with Crippen LogP contribution in [-0.4, -0.2) is 15.6 Å². The number of aromatic nitrogens is 1. The molecule has 2 atom stereocenters. The van der Waals surface area contributed by atoms with Crippen molar-refractivity contribution in [2.45, 2.75) is 50.8 Å². The second kappa shape index (κ2) is 7.04. The summed E-state index contributed by atoms with van der Waals surface area (Å²) in [4.78, 5) is 11.6. The van der Waals surface area contributed by atoms with Crippen molar-refractivity contribution >= 4 is 17.4 Å². The van der Waals surface area contributed by atoms with E-state index in [9.17, 15) is 4.79 Å². The molecule has 1 fully saturated rings. The number of nitrogen functional groups attached to an aromatic ring is 1. The summed E-state index contributed by atoms with van der Waals surface area (Å²) in [5.41, 5.74) is 6.41. The highest BCUT2D eigenvalue weighted by Gasteiger charge is 2.18. The van der Waals surface area contributed by atoms with Crippen LogP contribution in [0.1, 0.15) is 39.0 Å². The smallest absolute Gasteiger partial charge is 0.250 e. The molecule has 0 saturated heterocycles. The van der Waals surface area contributed by atoms with Gasteiger partial charge in [0.25, 0.3) is 5.56 Å². The van der Waals surface area contributed by atoms with Crippen LogP contribution in [-0.2, 0) is 6.54 Å². The van der Waals surface area contributed by atoms with Crippen LogP contribution in [0.5, 0.6) is 0 Å². The maximum Gasteiger partial charge on any atom is 0.250 e. The lowest BCUT2D eigenvalue weighted by Gasteiger charge is -2.26. The molecule has 1 aromatic rings. The van der Waals surface area contributed by atoms with E-state index in [4.69, 9.17) is 5.73 Å². The number of hydrogen-bond acceptors (Lipinski definition) is 3. The van der Waals surface area contributed by atoms with Gasteiger partial charge in [-0.3, -0.25) is 4.79 Å². The molecule has 0 bridgehead atoms. The van der Waals surface area contributed by atoms with Crippen LogP contribution in [0.15, 0.2) is 23.1 Å². The molecule has 1 aromatic heterocycles. The number of pyridine rings is 1. The van der Waals surface area contributed by atoms with E-state index in [1.165, 1.54) is 25.7 Å². The van der Waals surface area contributed by atoms with Crippen LogP contribution in [0, 0.1) is 5.92 Å². The summed E-state index contributed by atoms with van der Waals surface area (Å²) in [5.74, 6) is 2.03. The topological polar surface area (TPSA) is 48.0 Å². The van der Waals surface area contributed by atoms with E-state index < -0.39 is 0 Å². The third kappa shape index (κ3) is 4.60. The lowest BCUT2D eigenvalue weighted by atomic mass is 9.91. The molecule has 0 spiro atoms. The van der Waals surface area contributed by atoms with E-state index in [-0.39, 0.29) is 5.56 Å². The van der Waals surface area contributed by atoms with Crippen LogP contribution in [0.4, 0.5) is 5.69 Å². The summed E-state index contributed by atoms with van der Waals surface area (Å²) in [7, 11) is 0. The van der Waals surface area contributed by atoms with Crippen LogP contribution in [0.25, 0.3) is 0 Å². The second-order valence-electron chi connectivity index (χ2n) is 5.61. The summed E-state index contributed by atoms with van der Waals surface area (Å²) in [5, 5.41) is 0.835. The van der Waals surface area contributed by atoms with Crippen molar-refractivity contribution in [3.05, 3.63) is 28.7 Å². The van der Waals surface area contributed by atoms with Gasteiger partial charge >= 0.3 is 0 Å². The normalized spacial score (nSPS) is 23.4. The fourth-order valence-electron chi connectivity index (χ4n) is 2.74. The van der Waals surface area contributed by atoms with Crippen molar-refractivity contribution in [1.82, 2.24) is 4.57 Å². The third-order valence-corrected chi connectivity index (χ3v) is 5.22. The summed E-state index contributed by atoms with van der Waals surface area (Å²) in [6, 6.07) is 3.21. The zero-order valence-corrected chi connectivity index (χ0v) is 12.5. The quantitative estimate of drug-likeness (QED) is 0.843. The van der Waals surface area contributed by atoms with Crippen LogP contribution in [0.3, 0.4) is 0 Å². The zero-order valence-electron chi connectivity index (χ0n) is 11.7. The number of thioether (sulfide) groups is 1. The van der Waals surface area contributed by atoms with Crippen LogP contribution < -0.4 is 11.3 Å². The molecular weight excluding hydrogens is 256 g/mol. The lowest BCUT2D eigenvalue weighted by molar-refractivity contribution is 0.394. The third-order valence-electron chi connectivity index (χ3n) is 3.79. The highest BCUT2D eigenvalue weighted by molar-refractivity contribution is 7.99. The van der Waals surface area contributed by atoms with Crippen molar-refractivity contribution in [3.63, 3.8) is 0 Å². The fraction of sp³-hybridized carbons (Fsp3) is 0.667. The monoisotopic (exact) mass is 280 g/mol. The molecule has 1 aliphatic carbocycles. The fourth-order valence-corrected chi connectivity index (χ4v) is 4.17. The first-order valence-electron chi connectivity index (χ1n) is 7.22. The molecule has 0 aromatic carbocycles. The Bertz CT molecular complexity index is 458. The first kappa shape index (κ1) is 14.5. The van der Waals surface area contributed by atoms with Gasteiger partial charge in [0.1, 0.15) is 0 Å². The Hall–Kier alpha value is -0.900. The van der Waals surface area contributed by atoms with Gasteiger partial charge in [-0.25, -0.2) is 0 Å². The number of rotatable bonds is 5. The van der Waals surface area contributed by atoms with E-state index in [1.807, 2.05) is 0 Å². The molecule has 1 saturated carbocycles. The second-order valence-corrected chi connectivity index (χ2v) is 7.02. The average Bonchev–Trinajstić information content (AvgIpc) is 2.39. The summed E-state index contributed by atoms with van der Waals surface area (Å²) in [6.07, 6.45) is 8.30. The highest BCUT2D eigenvalue weighted by Crippen LogP contribution is 2.32. The lowest BCUT2D eigenvalue weighted by Crippen LogP contribution is -2.20. The molecule has 1 aliphatic rings. The number of nitrogens with zero attached hydrogens (tertiary/aromatic N) is 1. The maximum atomic E-state index is 11.6. The van der Waals surface area contributed by atoms with Crippen molar-refractivity contribution in [3.8, 4) is 0 Å². The Kier molecular flexibility index (Phi) is 5.37. The van der Waals surface area contributed by atoms with E-state index >= 15 is 0 Å². The van der Waals surface area contributed by atoms with Gasteiger partial charge < -0.3 is 10.3 Å². The Morgan fingerprint density at radius 1 is 1.42 bits per heavy atom. The molecule has 1 heterocycles. The van der Waals surface area contributed by atoms with Gasteiger partial charge in [0, 0.05) is 29.7 Å². The van der Waals surface area contributed by atoms with Gasteiger partial charge in [0.2, 0.25) is 0 Å². The Balaban J connectivity index is 1.71. The van der Waals surface area contributed by atoms with E-state index in [0.717, 1.165) is 29.9 Å². The number of anilines is 1. The molecular formula is C15H24N2OS. The molecule has 2 N–H and O–H groups in total. The number of hydrogen-bond donors (Lipinski definition) is 1. The van der Waals surface area contributed by atoms with Crippen LogP contribution >= 0.6 is 11.8 Å². The van der Waals surface area contributed by atoms with Crippen LogP contribution in [0.2, 0.25) is 0 Å². The maximum absolute atomic E-state index is 11.6. The molecule has 3 nitrogen and oxygen atoms in total. The predicted molar refractivity (Wildman–Crippen MR) is 83.6 cm³/mol. The largest absolute Gasteiger partial charge is 0.398 e.